The number of hydrogen-bond donors (Lipinski definition) is 9. The molecular weight excluding hydrogens is 1180 g/mol. The van der Waals surface area contributed by atoms with Gasteiger partial charge in [0.1, 0.15) is 48.8 Å². The molecule has 546 valence electrons. The minimum absolute atomic E-state index is 0.250. The number of ether oxygens (including phenoxy) is 4. The molecule has 2 saturated heterocycles. The third kappa shape index (κ3) is 46.4. The summed E-state index contributed by atoms with van der Waals surface area (Å²) >= 11 is 0. The number of amides is 1. The van der Waals surface area contributed by atoms with Crippen LogP contribution >= 0.6 is 0 Å². The molecule has 94 heavy (non-hydrogen) atoms. The zero-order chi connectivity index (χ0) is 68.0. The Labute approximate surface area is 573 Å². The molecule has 1 amide bonds. The molecule has 0 aromatic carbocycles. The molecule has 14 heteroatoms. The highest BCUT2D eigenvalue weighted by Gasteiger charge is 2.51. The largest absolute Gasteiger partial charge is 0.394 e. The molecule has 2 rings (SSSR count). The van der Waals surface area contributed by atoms with E-state index in [2.05, 4.69) is 92.1 Å². The zero-order valence-corrected chi connectivity index (χ0v) is 59.7. The van der Waals surface area contributed by atoms with Crippen LogP contribution in [-0.4, -0.2) is 140 Å². The lowest BCUT2D eigenvalue weighted by Gasteiger charge is -2.46. The fourth-order valence-corrected chi connectivity index (χ4v) is 12.4. The molecule has 2 fully saturated rings. The predicted molar refractivity (Wildman–Crippen MR) is 387 cm³/mol. The van der Waals surface area contributed by atoms with Crippen molar-refractivity contribution in [2.45, 2.75) is 396 Å². The Hall–Kier alpha value is -2.83. The van der Waals surface area contributed by atoms with Gasteiger partial charge in [0, 0.05) is 6.42 Å². The van der Waals surface area contributed by atoms with Gasteiger partial charge in [0.25, 0.3) is 0 Å². The Balaban J connectivity index is 1.65. The number of aliphatic hydroxyl groups is 8. The van der Waals surface area contributed by atoms with E-state index in [0.29, 0.717) is 12.8 Å². The Bertz CT molecular complexity index is 1900. The zero-order valence-electron chi connectivity index (χ0n) is 59.7. The molecule has 0 saturated carbocycles. The molecule has 0 aliphatic carbocycles. The second kappa shape index (κ2) is 63.6. The quantitative estimate of drug-likeness (QED) is 0.0204. The van der Waals surface area contributed by atoms with E-state index in [1.165, 1.54) is 218 Å². The van der Waals surface area contributed by atoms with Crippen LogP contribution in [0.1, 0.15) is 322 Å². The molecule has 12 unspecified atom stereocenters. The van der Waals surface area contributed by atoms with Crippen molar-refractivity contribution in [3.8, 4) is 0 Å². The van der Waals surface area contributed by atoms with Gasteiger partial charge >= 0.3 is 0 Å². The van der Waals surface area contributed by atoms with E-state index in [1.54, 1.807) is 6.08 Å². The molecule has 14 nitrogen and oxygen atoms in total. The maximum absolute atomic E-state index is 13.4. The van der Waals surface area contributed by atoms with Gasteiger partial charge < -0.3 is 65.1 Å². The van der Waals surface area contributed by atoms with Gasteiger partial charge in [-0.1, -0.05) is 317 Å². The van der Waals surface area contributed by atoms with Gasteiger partial charge in [-0.2, -0.15) is 0 Å². The summed E-state index contributed by atoms with van der Waals surface area (Å²) in [6, 6.07) is -0.942. The summed E-state index contributed by atoms with van der Waals surface area (Å²) in [5.41, 5.74) is 0. The van der Waals surface area contributed by atoms with Crippen LogP contribution in [0.25, 0.3) is 0 Å². The minimum Gasteiger partial charge on any atom is -0.394 e. The maximum atomic E-state index is 13.4. The van der Waals surface area contributed by atoms with Crippen molar-refractivity contribution in [2.75, 3.05) is 19.8 Å². The first-order valence-corrected chi connectivity index (χ1v) is 38.8. The summed E-state index contributed by atoms with van der Waals surface area (Å²) in [4.78, 5) is 13.4. The number of carbonyl (C=O) groups is 1. The van der Waals surface area contributed by atoms with Crippen molar-refractivity contribution in [3.63, 3.8) is 0 Å². The van der Waals surface area contributed by atoms with E-state index >= 15 is 0 Å². The predicted octanol–water partition coefficient (Wildman–Crippen LogP) is 17.1. The average molecular weight is 1330 g/mol. The lowest BCUT2D eigenvalue weighted by molar-refractivity contribution is -0.359. The number of hydrogen-bond acceptors (Lipinski definition) is 13. The molecule has 2 aliphatic rings. The van der Waals surface area contributed by atoms with E-state index in [1.807, 2.05) is 6.08 Å². The van der Waals surface area contributed by atoms with Crippen LogP contribution < -0.4 is 5.32 Å². The van der Waals surface area contributed by atoms with E-state index < -0.39 is 86.8 Å². The minimum atomic E-state index is -1.80. The Morgan fingerprint density at radius 1 is 0.394 bits per heavy atom. The molecule has 2 aliphatic heterocycles. The lowest BCUT2D eigenvalue weighted by Crippen LogP contribution is -2.65. The smallest absolute Gasteiger partial charge is 0.220 e. The third-order valence-corrected chi connectivity index (χ3v) is 18.5. The van der Waals surface area contributed by atoms with Crippen molar-refractivity contribution in [3.05, 3.63) is 85.1 Å². The molecule has 9 N–H and O–H groups in total. The molecule has 2 heterocycles. The summed E-state index contributed by atoms with van der Waals surface area (Å²) in [6.45, 7) is 2.70. The van der Waals surface area contributed by atoms with Gasteiger partial charge in [-0.3, -0.25) is 4.79 Å². The molecule has 0 radical (unpaired) electrons. The van der Waals surface area contributed by atoms with Crippen LogP contribution in [-0.2, 0) is 23.7 Å². The summed E-state index contributed by atoms with van der Waals surface area (Å²) < 4.78 is 22.9. The van der Waals surface area contributed by atoms with Crippen LogP contribution in [0.3, 0.4) is 0 Å². The lowest BCUT2D eigenvalue weighted by atomic mass is 9.97. The normalized spacial score (nSPS) is 22.9. The van der Waals surface area contributed by atoms with E-state index in [9.17, 15) is 45.6 Å². The Morgan fingerprint density at radius 3 is 1.17 bits per heavy atom. The molecule has 0 aromatic heterocycles. The summed E-state index contributed by atoms with van der Waals surface area (Å²) in [7, 11) is 0. The summed E-state index contributed by atoms with van der Waals surface area (Å²) in [5.74, 6) is -0.250. The molecule has 0 spiro atoms. The fraction of sp³-hybridized carbons (Fsp3) is 0.812. The van der Waals surface area contributed by atoms with Gasteiger partial charge in [-0.05, 0) is 83.5 Å². The maximum Gasteiger partial charge on any atom is 0.220 e. The number of allylic oxidation sites excluding steroid dienone is 13. The Morgan fingerprint density at radius 2 is 0.745 bits per heavy atom. The summed E-state index contributed by atoms with van der Waals surface area (Å²) in [6.07, 6.45) is 72.3. The number of unbranched alkanes of at least 4 members (excludes halogenated alkanes) is 39. The third-order valence-electron chi connectivity index (χ3n) is 18.5. The van der Waals surface area contributed by atoms with Gasteiger partial charge in [-0.25, -0.2) is 0 Å². The number of aliphatic hydroxyl groups excluding tert-OH is 8. The highest BCUT2D eigenvalue weighted by Crippen LogP contribution is 2.30. The van der Waals surface area contributed by atoms with E-state index in [4.69, 9.17) is 18.9 Å². The fourth-order valence-electron chi connectivity index (χ4n) is 12.4. The van der Waals surface area contributed by atoms with Crippen molar-refractivity contribution >= 4 is 5.91 Å². The van der Waals surface area contributed by atoms with Crippen LogP contribution in [0.5, 0.6) is 0 Å². The molecule has 12 atom stereocenters. The van der Waals surface area contributed by atoms with Crippen molar-refractivity contribution in [2.24, 2.45) is 0 Å². The van der Waals surface area contributed by atoms with Gasteiger partial charge in [0.15, 0.2) is 12.6 Å². The second-order valence-corrected chi connectivity index (χ2v) is 27.1. The Kier molecular flexibility index (Phi) is 59.0. The molecular formula is C80H143NO13. The number of carbonyl (C=O) groups excluding carboxylic acids is 1. The second-order valence-electron chi connectivity index (χ2n) is 27.1. The molecule has 0 bridgehead atoms. The van der Waals surface area contributed by atoms with Gasteiger partial charge in [0.05, 0.1) is 32.0 Å². The van der Waals surface area contributed by atoms with Crippen molar-refractivity contribution in [1.29, 1.82) is 0 Å². The highest BCUT2D eigenvalue weighted by atomic mass is 16.7. The van der Waals surface area contributed by atoms with Gasteiger partial charge in [-0.15, -0.1) is 0 Å². The number of nitrogens with one attached hydrogen (secondary N) is 1. The average Bonchev–Trinajstić information content (AvgIpc) is 0.794. The highest BCUT2D eigenvalue weighted by molar-refractivity contribution is 5.76. The van der Waals surface area contributed by atoms with Crippen LogP contribution in [0.15, 0.2) is 85.1 Å². The first-order valence-electron chi connectivity index (χ1n) is 38.8. The first kappa shape index (κ1) is 87.3. The monoisotopic (exact) mass is 1330 g/mol. The van der Waals surface area contributed by atoms with E-state index in [0.717, 1.165) is 70.6 Å². The van der Waals surface area contributed by atoms with E-state index in [-0.39, 0.29) is 18.9 Å². The topological polar surface area (TPSA) is 228 Å². The SMILES string of the molecule is CC/C=C\C/C=C\C/C=C\C/C=C\CCCCCCCCCCCCCCCCCCCCCCC(=O)NC(COC1OC(CO)C(OC2OC(CO)C(O)C(O)C2O)C(O)C1O)C(O)/C=C/CC/C=C/CC/C=C/CCCCCCCCCCCCCCCCCCC. The van der Waals surface area contributed by atoms with Crippen molar-refractivity contribution in [1.82, 2.24) is 5.32 Å². The standard InChI is InChI=1S/C80H143NO13/c1-3-5-7-9-11-13-15-17-19-21-23-25-27-29-31-32-33-34-35-36-38-40-42-44-46-48-50-52-54-56-58-60-62-64-72(85)81-68(67-91-79-77(90)75(88)78(71(66-83)93-79)94-80-76(89)74(87)73(86)70(65-82)92-80)69(84)63-61-59-57-55-53-51-49-47-45-43-41-39-37-30-28-26-24-22-20-18-16-14-12-10-8-6-4-2/h5,7,11,13,17,19,23,25,45,47,53,55,61,63,68-71,73-80,82-84,86-90H,3-4,6,8-10,12,14-16,18,20-22,24,26-44,46,48-52,54,56-60,62,64-67H2,1-2H3,(H,81,85)/b7-5-,13-11-,19-17-,25-23-,47-45+,55-53+,63-61+. The van der Waals surface area contributed by atoms with Crippen LogP contribution in [0.2, 0.25) is 0 Å². The van der Waals surface area contributed by atoms with Crippen LogP contribution in [0.4, 0.5) is 0 Å². The van der Waals surface area contributed by atoms with Crippen LogP contribution in [0, 0.1) is 0 Å². The number of rotatable bonds is 64. The van der Waals surface area contributed by atoms with Crippen molar-refractivity contribution < 1.29 is 64.6 Å². The summed E-state index contributed by atoms with van der Waals surface area (Å²) in [5, 5.41) is 87.6. The van der Waals surface area contributed by atoms with Gasteiger partial charge in [0.2, 0.25) is 5.91 Å². The first-order chi connectivity index (χ1) is 46.1. The molecule has 0 aromatic rings.